The molecule has 0 saturated carbocycles. The summed E-state index contributed by atoms with van der Waals surface area (Å²) in [5.74, 6) is -0.870. The highest BCUT2D eigenvalue weighted by atomic mass is 31.3. The van der Waals surface area contributed by atoms with Gasteiger partial charge in [0.1, 0.15) is 31.0 Å². The van der Waals surface area contributed by atoms with Crippen LogP contribution in [0.5, 0.6) is 0 Å². The van der Waals surface area contributed by atoms with E-state index in [1.54, 1.807) is 0 Å². The van der Waals surface area contributed by atoms with Crippen LogP contribution < -0.4 is 0 Å². The molecule has 0 radical (unpaired) electrons. The summed E-state index contributed by atoms with van der Waals surface area (Å²) in [5.41, 5.74) is 0. The van der Waals surface area contributed by atoms with Crippen LogP contribution in [0.2, 0.25) is 0 Å². The molecule has 29 heavy (non-hydrogen) atoms. The predicted molar refractivity (Wildman–Crippen MR) is 98.9 cm³/mol. The number of nitrogens with zero attached hydrogens (tertiary/aromatic N) is 2. The molecule has 2 saturated heterocycles. The Labute approximate surface area is 164 Å². The third kappa shape index (κ3) is 8.79. The lowest BCUT2D eigenvalue weighted by Crippen LogP contribution is -2.33. The Hall–Kier alpha value is 0.980. The Morgan fingerprint density at radius 3 is 1.48 bits per heavy atom. The molecule has 0 aliphatic carbocycles. The van der Waals surface area contributed by atoms with E-state index in [0.29, 0.717) is 9.80 Å². The van der Waals surface area contributed by atoms with Crippen molar-refractivity contribution in [2.45, 2.75) is 0 Å². The average Bonchev–Trinajstić information content (AvgIpc) is 2.25. The second kappa shape index (κ2) is 8.40. The Bertz CT molecular complexity index is 827. The largest absolute Gasteiger partial charge is 0.349 e. The van der Waals surface area contributed by atoms with E-state index < -0.39 is 88.7 Å². The molecule has 0 aromatic heterocycles. The maximum atomic E-state index is 12.2. The van der Waals surface area contributed by atoms with Crippen molar-refractivity contribution in [3.63, 3.8) is 0 Å². The standard InChI is InChI=1S/C7H20N2O14P6/c10-24(11)1-8(2-25(12,13)7-24)3-26(14,15)22-27(16,17)4-9-5-28(18,19)23-29(20,21)6-9/h1-7H2,(H,10,11)(H,12,13)(H,14,15)(H,16,17)(H,18,19)(H,20,21). The van der Waals surface area contributed by atoms with Crippen molar-refractivity contribution >= 4 is 45.1 Å². The third-order valence-electron chi connectivity index (χ3n) is 3.31. The predicted octanol–water partition coefficient (Wildman–Crippen LogP) is 0.636. The van der Waals surface area contributed by atoms with Gasteiger partial charge in [-0.3, -0.25) is 37.2 Å². The van der Waals surface area contributed by atoms with E-state index in [9.17, 15) is 56.8 Å². The first-order chi connectivity index (χ1) is 12.7. The Morgan fingerprint density at radius 2 is 1.10 bits per heavy atom. The van der Waals surface area contributed by atoms with E-state index in [2.05, 4.69) is 8.62 Å². The zero-order valence-electron chi connectivity index (χ0n) is 14.5. The van der Waals surface area contributed by atoms with Gasteiger partial charge in [0.05, 0.1) is 12.6 Å². The molecule has 0 amide bonds. The molecule has 2 fully saturated rings. The van der Waals surface area contributed by atoms with Crippen molar-refractivity contribution in [3.8, 4) is 0 Å². The lowest BCUT2D eigenvalue weighted by molar-refractivity contribution is 0.246. The van der Waals surface area contributed by atoms with E-state index in [0.717, 1.165) is 0 Å². The number of hydrogen-bond acceptors (Lipinski definition) is 10. The summed E-state index contributed by atoms with van der Waals surface area (Å²) >= 11 is 0. The van der Waals surface area contributed by atoms with Gasteiger partial charge < -0.3 is 29.4 Å². The van der Waals surface area contributed by atoms with E-state index in [1.165, 1.54) is 0 Å². The van der Waals surface area contributed by atoms with Crippen LogP contribution in [0, 0.1) is 0 Å². The number of rotatable bonds is 6. The van der Waals surface area contributed by atoms with E-state index in [4.69, 9.17) is 0 Å². The molecule has 6 unspecified atom stereocenters. The van der Waals surface area contributed by atoms with Crippen molar-refractivity contribution in [1.82, 2.24) is 9.80 Å². The van der Waals surface area contributed by atoms with Crippen LogP contribution in [0.25, 0.3) is 0 Å². The zero-order valence-corrected chi connectivity index (χ0v) is 19.8. The quantitative estimate of drug-likeness (QED) is 0.252. The second-order valence-electron chi connectivity index (χ2n) is 6.74. The van der Waals surface area contributed by atoms with Crippen molar-refractivity contribution in [2.75, 3.05) is 43.6 Å². The van der Waals surface area contributed by atoms with Gasteiger partial charge in [0.25, 0.3) is 0 Å². The second-order valence-corrected chi connectivity index (χ2v) is 19.4. The minimum Gasteiger partial charge on any atom is -0.343 e. The Morgan fingerprint density at radius 1 is 0.759 bits per heavy atom. The van der Waals surface area contributed by atoms with E-state index in [1.807, 2.05) is 0 Å². The van der Waals surface area contributed by atoms with Crippen LogP contribution in [0.3, 0.4) is 0 Å². The minimum atomic E-state index is -5.02. The van der Waals surface area contributed by atoms with E-state index in [-0.39, 0.29) is 0 Å². The van der Waals surface area contributed by atoms with Gasteiger partial charge >= 0.3 is 30.4 Å². The maximum absolute atomic E-state index is 12.2. The van der Waals surface area contributed by atoms with Crippen LogP contribution in [0.1, 0.15) is 0 Å². The molecule has 0 bridgehead atoms. The molecule has 0 aromatic rings. The van der Waals surface area contributed by atoms with Crippen LogP contribution in [-0.2, 0) is 36.0 Å². The first kappa shape index (κ1) is 26.2. The van der Waals surface area contributed by atoms with Crippen molar-refractivity contribution < 1.29 is 65.4 Å². The van der Waals surface area contributed by atoms with Crippen LogP contribution in [-0.4, -0.2) is 82.8 Å². The first-order valence-corrected chi connectivity index (χ1v) is 18.6. The van der Waals surface area contributed by atoms with Gasteiger partial charge in [-0.1, -0.05) is 0 Å². The first-order valence-electron chi connectivity index (χ1n) is 7.45. The molecule has 2 heterocycles. The average molecular weight is 542 g/mol. The van der Waals surface area contributed by atoms with Gasteiger partial charge in [-0.15, -0.1) is 0 Å². The summed E-state index contributed by atoms with van der Waals surface area (Å²) in [7, 11) is -27.4. The van der Waals surface area contributed by atoms with Crippen LogP contribution in [0.15, 0.2) is 0 Å². The molecule has 2 rings (SSSR count). The van der Waals surface area contributed by atoms with Gasteiger partial charge in [0, 0.05) is 0 Å². The van der Waals surface area contributed by atoms with Gasteiger partial charge in [-0.05, 0) is 0 Å². The minimum absolute atomic E-state index is 0.580. The molecule has 6 N–H and O–H groups in total. The summed E-state index contributed by atoms with van der Waals surface area (Å²) in [6.45, 7) is 0. The fourth-order valence-electron chi connectivity index (χ4n) is 2.84. The fourth-order valence-corrected chi connectivity index (χ4v) is 15.8. The van der Waals surface area contributed by atoms with Gasteiger partial charge in [-0.25, -0.2) is 8.62 Å². The highest BCUT2D eigenvalue weighted by Crippen LogP contribution is 2.67. The highest BCUT2D eigenvalue weighted by molar-refractivity contribution is 7.75. The Balaban J connectivity index is 2.06. The SMILES string of the molecule is O=P1(O)CN(CP(=O)(O)OP(=O)(O)CN2CP(=O)(O)OP(=O)(O)C2)CP(=O)(O)C1. The van der Waals surface area contributed by atoms with Crippen molar-refractivity contribution in [3.05, 3.63) is 0 Å². The maximum Gasteiger partial charge on any atom is 0.349 e. The summed E-state index contributed by atoms with van der Waals surface area (Å²) < 4.78 is 79.4. The van der Waals surface area contributed by atoms with Crippen molar-refractivity contribution in [1.29, 1.82) is 0 Å². The van der Waals surface area contributed by atoms with Crippen LogP contribution in [0.4, 0.5) is 0 Å². The summed E-state index contributed by atoms with van der Waals surface area (Å²) in [5, 5.41) is 0. The molecule has 2 aliphatic rings. The molecule has 22 heteroatoms. The monoisotopic (exact) mass is 542 g/mol. The topological polar surface area (TPSA) is 249 Å². The fraction of sp³-hybridized carbons (Fsp3) is 1.00. The summed E-state index contributed by atoms with van der Waals surface area (Å²) in [4.78, 5) is 58.8. The zero-order chi connectivity index (χ0) is 22.5. The molecule has 172 valence electrons. The molecular formula is C7H20N2O14P6. The summed E-state index contributed by atoms with van der Waals surface area (Å²) in [6, 6.07) is 0. The lowest BCUT2D eigenvalue weighted by Gasteiger charge is -2.34. The molecule has 16 nitrogen and oxygen atoms in total. The smallest absolute Gasteiger partial charge is 0.343 e. The van der Waals surface area contributed by atoms with Gasteiger partial charge in [0.2, 0.25) is 14.7 Å². The Kier molecular flexibility index (Phi) is 7.60. The van der Waals surface area contributed by atoms with Gasteiger partial charge in [-0.2, -0.15) is 0 Å². The normalized spacial score (nSPS) is 44.1. The number of hydrogen-bond donors (Lipinski definition) is 6. The molecular weight excluding hydrogens is 522 g/mol. The molecule has 0 spiro atoms. The van der Waals surface area contributed by atoms with Gasteiger partial charge in [0.15, 0.2) is 0 Å². The highest BCUT2D eigenvalue weighted by Gasteiger charge is 2.46. The van der Waals surface area contributed by atoms with Crippen LogP contribution >= 0.6 is 45.1 Å². The van der Waals surface area contributed by atoms with Crippen molar-refractivity contribution in [2.24, 2.45) is 0 Å². The summed E-state index contributed by atoms with van der Waals surface area (Å²) in [6.07, 6.45) is -5.57. The molecule has 2 aliphatic heterocycles. The lowest BCUT2D eigenvalue weighted by atomic mass is 11.0. The molecule has 6 atom stereocenters. The van der Waals surface area contributed by atoms with E-state index >= 15 is 0 Å². The third-order valence-corrected chi connectivity index (χ3v) is 15.6. The molecule has 0 aromatic carbocycles.